The number of benzene rings is 2. The van der Waals surface area contributed by atoms with Gasteiger partial charge in [-0.25, -0.2) is 0 Å². The summed E-state index contributed by atoms with van der Waals surface area (Å²) in [6, 6.07) is 14.6. The van der Waals surface area contributed by atoms with Gasteiger partial charge in [-0.2, -0.15) is 5.26 Å². The molecule has 1 aliphatic heterocycles. The SMILES string of the molecule is Cc1cccc(NC(=O)CN2CCN(C(=O)c3ccc(C#N)cc3)CC2)c1C. The molecule has 6 heteroatoms. The lowest BCUT2D eigenvalue weighted by atomic mass is 10.1. The molecule has 3 rings (SSSR count). The van der Waals surface area contributed by atoms with E-state index in [1.807, 2.05) is 32.0 Å². The molecule has 1 N–H and O–H groups in total. The van der Waals surface area contributed by atoms with Crippen LogP contribution in [0, 0.1) is 25.2 Å². The molecule has 0 spiro atoms. The minimum Gasteiger partial charge on any atom is -0.336 e. The lowest BCUT2D eigenvalue weighted by Gasteiger charge is -2.34. The summed E-state index contributed by atoms with van der Waals surface area (Å²) in [5, 5.41) is 11.8. The number of aryl methyl sites for hydroxylation is 1. The molecular formula is C22H24N4O2. The van der Waals surface area contributed by atoms with Crippen LogP contribution in [-0.4, -0.2) is 54.3 Å². The van der Waals surface area contributed by atoms with Gasteiger partial charge in [-0.3, -0.25) is 14.5 Å². The van der Waals surface area contributed by atoms with E-state index in [-0.39, 0.29) is 11.8 Å². The molecule has 2 aromatic rings. The van der Waals surface area contributed by atoms with Crippen molar-refractivity contribution >= 4 is 17.5 Å². The Balaban J connectivity index is 1.50. The van der Waals surface area contributed by atoms with E-state index in [0.29, 0.717) is 43.9 Å². The Bertz CT molecular complexity index is 907. The summed E-state index contributed by atoms with van der Waals surface area (Å²) in [5.41, 5.74) is 4.19. The molecule has 0 radical (unpaired) electrons. The molecule has 0 aliphatic carbocycles. The van der Waals surface area contributed by atoms with Gasteiger partial charge in [0.15, 0.2) is 0 Å². The predicted octanol–water partition coefficient (Wildman–Crippen LogP) is 2.57. The van der Waals surface area contributed by atoms with E-state index in [1.54, 1.807) is 29.2 Å². The fraction of sp³-hybridized carbons (Fsp3) is 0.318. The van der Waals surface area contributed by atoms with E-state index in [1.165, 1.54) is 0 Å². The maximum atomic E-state index is 12.6. The number of carbonyl (C=O) groups excluding carboxylic acids is 2. The van der Waals surface area contributed by atoms with Gasteiger partial charge in [-0.05, 0) is 55.3 Å². The smallest absolute Gasteiger partial charge is 0.253 e. The van der Waals surface area contributed by atoms with E-state index in [4.69, 9.17) is 5.26 Å². The maximum absolute atomic E-state index is 12.6. The highest BCUT2D eigenvalue weighted by Gasteiger charge is 2.23. The number of amides is 2. The predicted molar refractivity (Wildman–Crippen MR) is 108 cm³/mol. The first-order chi connectivity index (χ1) is 13.5. The van der Waals surface area contributed by atoms with Crippen LogP contribution >= 0.6 is 0 Å². The van der Waals surface area contributed by atoms with Crippen LogP contribution in [0.4, 0.5) is 5.69 Å². The molecular weight excluding hydrogens is 352 g/mol. The number of hydrogen-bond acceptors (Lipinski definition) is 4. The molecule has 6 nitrogen and oxygen atoms in total. The van der Waals surface area contributed by atoms with Gasteiger partial charge in [0.1, 0.15) is 0 Å². The molecule has 0 atom stereocenters. The largest absolute Gasteiger partial charge is 0.336 e. The Labute approximate surface area is 165 Å². The third-order valence-corrected chi connectivity index (χ3v) is 5.17. The van der Waals surface area contributed by atoms with Gasteiger partial charge in [0.2, 0.25) is 5.91 Å². The first kappa shape index (κ1) is 19.6. The van der Waals surface area contributed by atoms with E-state index >= 15 is 0 Å². The normalized spacial score (nSPS) is 14.4. The van der Waals surface area contributed by atoms with Crippen LogP contribution in [0.25, 0.3) is 0 Å². The average Bonchev–Trinajstić information content (AvgIpc) is 2.71. The molecule has 0 aromatic heterocycles. The van der Waals surface area contributed by atoms with Crippen molar-refractivity contribution in [1.82, 2.24) is 9.80 Å². The fourth-order valence-electron chi connectivity index (χ4n) is 3.26. The van der Waals surface area contributed by atoms with Gasteiger partial charge in [-0.1, -0.05) is 12.1 Å². The van der Waals surface area contributed by atoms with Gasteiger partial charge in [0.25, 0.3) is 5.91 Å². The Morgan fingerprint density at radius 3 is 2.36 bits per heavy atom. The third kappa shape index (κ3) is 4.56. The molecule has 144 valence electrons. The second-order valence-corrected chi connectivity index (χ2v) is 7.05. The van der Waals surface area contributed by atoms with Gasteiger partial charge in [0, 0.05) is 37.4 Å². The monoisotopic (exact) mass is 376 g/mol. The lowest BCUT2D eigenvalue weighted by Crippen LogP contribution is -2.50. The second-order valence-electron chi connectivity index (χ2n) is 7.05. The Morgan fingerprint density at radius 1 is 1.04 bits per heavy atom. The van der Waals surface area contributed by atoms with E-state index < -0.39 is 0 Å². The molecule has 1 heterocycles. The summed E-state index contributed by atoms with van der Waals surface area (Å²) in [6.07, 6.45) is 0. The molecule has 0 saturated carbocycles. The number of nitrogens with zero attached hydrogens (tertiary/aromatic N) is 3. The standard InChI is InChI=1S/C22H24N4O2/c1-16-4-3-5-20(17(16)2)24-21(27)15-25-10-12-26(13-11-25)22(28)19-8-6-18(14-23)7-9-19/h3-9H,10-13,15H2,1-2H3,(H,24,27). The summed E-state index contributed by atoms with van der Waals surface area (Å²) in [5.74, 6) is -0.0791. The lowest BCUT2D eigenvalue weighted by molar-refractivity contribution is -0.117. The fourth-order valence-corrected chi connectivity index (χ4v) is 3.26. The van der Waals surface area contributed by atoms with Crippen molar-refractivity contribution in [3.8, 4) is 6.07 Å². The first-order valence-electron chi connectivity index (χ1n) is 9.36. The van der Waals surface area contributed by atoms with Crippen molar-refractivity contribution in [2.45, 2.75) is 13.8 Å². The zero-order chi connectivity index (χ0) is 20.1. The summed E-state index contributed by atoms with van der Waals surface area (Å²) < 4.78 is 0. The summed E-state index contributed by atoms with van der Waals surface area (Å²) in [6.45, 7) is 6.80. The van der Waals surface area contributed by atoms with Gasteiger partial charge in [0.05, 0.1) is 18.2 Å². The zero-order valence-electron chi connectivity index (χ0n) is 16.2. The number of rotatable bonds is 4. The minimum absolute atomic E-state index is 0.0380. The first-order valence-corrected chi connectivity index (χ1v) is 9.36. The van der Waals surface area contributed by atoms with Crippen molar-refractivity contribution in [3.63, 3.8) is 0 Å². The zero-order valence-corrected chi connectivity index (χ0v) is 16.2. The van der Waals surface area contributed by atoms with Crippen LogP contribution in [0.5, 0.6) is 0 Å². The minimum atomic E-state index is -0.0411. The van der Waals surface area contributed by atoms with Crippen molar-refractivity contribution < 1.29 is 9.59 Å². The van der Waals surface area contributed by atoms with Crippen LogP contribution < -0.4 is 5.32 Å². The Hall–Kier alpha value is -3.17. The Morgan fingerprint density at radius 2 is 1.71 bits per heavy atom. The van der Waals surface area contributed by atoms with E-state index in [2.05, 4.69) is 16.3 Å². The van der Waals surface area contributed by atoms with Crippen molar-refractivity contribution in [1.29, 1.82) is 5.26 Å². The van der Waals surface area contributed by atoms with E-state index in [9.17, 15) is 9.59 Å². The molecule has 1 fully saturated rings. The highest BCUT2D eigenvalue weighted by molar-refractivity contribution is 5.94. The van der Waals surface area contributed by atoms with Gasteiger partial charge >= 0.3 is 0 Å². The molecule has 1 saturated heterocycles. The Kier molecular flexibility index (Phi) is 6.07. The highest BCUT2D eigenvalue weighted by atomic mass is 16.2. The van der Waals surface area contributed by atoms with Gasteiger partial charge in [-0.15, -0.1) is 0 Å². The summed E-state index contributed by atoms with van der Waals surface area (Å²) in [7, 11) is 0. The topological polar surface area (TPSA) is 76.4 Å². The van der Waals surface area contributed by atoms with Gasteiger partial charge < -0.3 is 10.2 Å². The summed E-state index contributed by atoms with van der Waals surface area (Å²) in [4.78, 5) is 28.8. The summed E-state index contributed by atoms with van der Waals surface area (Å²) >= 11 is 0. The van der Waals surface area contributed by atoms with Crippen LogP contribution in [0.2, 0.25) is 0 Å². The van der Waals surface area contributed by atoms with Crippen LogP contribution in [0.3, 0.4) is 0 Å². The maximum Gasteiger partial charge on any atom is 0.253 e. The van der Waals surface area contributed by atoms with Crippen molar-refractivity contribution in [2.75, 3.05) is 38.0 Å². The number of nitriles is 1. The third-order valence-electron chi connectivity index (χ3n) is 5.17. The van der Waals surface area contributed by atoms with Crippen LogP contribution in [0.15, 0.2) is 42.5 Å². The molecule has 0 bridgehead atoms. The highest BCUT2D eigenvalue weighted by Crippen LogP contribution is 2.18. The quantitative estimate of drug-likeness (QED) is 0.890. The number of anilines is 1. The van der Waals surface area contributed by atoms with E-state index in [0.717, 1.165) is 16.8 Å². The molecule has 28 heavy (non-hydrogen) atoms. The molecule has 2 aromatic carbocycles. The van der Waals surface area contributed by atoms with Crippen LogP contribution in [-0.2, 0) is 4.79 Å². The number of piperazine rings is 1. The molecule has 2 amide bonds. The average molecular weight is 376 g/mol. The molecule has 0 unspecified atom stereocenters. The van der Waals surface area contributed by atoms with Crippen LogP contribution in [0.1, 0.15) is 27.0 Å². The van der Waals surface area contributed by atoms with Crippen molar-refractivity contribution in [3.05, 3.63) is 64.7 Å². The van der Waals surface area contributed by atoms with Crippen molar-refractivity contribution in [2.24, 2.45) is 0 Å². The molecule has 1 aliphatic rings. The number of carbonyl (C=O) groups is 2. The number of hydrogen-bond donors (Lipinski definition) is 1. The number of nitrogens with one attached hydrogen (secondary N) is 1. The second kappa shape index (κ2) is 8.68.